The van der Waals surface area contributed by atoms with Crippen LogP contribution in [0.1, 0.15) is 17.5 Å². The maximum atomic E-state index is 8.86. The molecule has 0 bridgehead atoms. The highest BCUT2D eigenvalue weighted by atomic mass is 79.9. The summed E-state index contributed by atoms with van der Waals surface area (Å²) in [5.41, 5.74) is 2.13. The van der Waals surface area contributed by atoms with Crippen molar-refractivity contribution >= 4 is 15.9 Å². The van der Waals surface area contributed by atoms with E-state index >= 15 is 0 Å². The molecule has 0 aromatic heterocycles. The van der Waals surface area contributed by atoms with Crippen molar-refractivity contribution in [2.24, 2.45) is 0 Å². The number of hydrogen-bond donors (Lipinski definition) is 2. The van der Waals surface area contributed by atoms with E-state index in [4.69, 9.17) is 14.6 Å². The quantitative estimate of drug-likeness (QED) is 0.654. The first-order valence-corrected chi connectivity index (χ1v) is 8.38. The van der Waals surface area contributed by atoms with Gasteiger partial charge in [-0.15, -0.1) is 0 Å². The third-order valence-electron chi connectivity index (χ3n) is 3.37. The molecule has 2 aromatic rings. The summed E-state index contributed by atoms with van der Waals surface area (Å²) in [5, 5.41) is 12.2. The highest BCUT2D eigenvalue weighted by Gasteiger charge is 2.13. The number of benzene rings is 2. The van der Waals surface area contributed by atoms with Crippen LogP contribution in [0.2, 0.25) is 0 Å². The monoisotopic (exact) mass is 379 g/mol. The van der Waals surface area contributed by atoms with Crippen LogP contribution in [0.5, 0.6) is 11.5 Å². The fourth-order valence-electron chi connectivity index (χ4n) is 2.23. The van der Waals surface area contributed by atoms with E-state index in [0.717, 1.165) is 34.3 Å². The van der Waals surface area contributed by atoms with Crippen LogP contribution >= 0.6 is 15.9 Å². The fourth-order valence-corrected chi connectivity index (χ4v) is 2.71. The molecule has 0 atom stereocenters. The van der Waals surface area contributed by atoms with Gasteiger partial charge in [-0.2, -0.15) is 0 Å². The van der Waals surface area contributed by atoms with Crippen LogP contribution < -0.4 is 14.8 Å². The Labute approximate surface area is 145 Å². The summed E-state index contributed by atoms with van der Waals surface area (Å²) in [5.74, 6) is 1.45. The smallest absolute Gasteiger partial charge is 0.166 e. The molecule has 2 N–H and O–H groups in total. The predicted molar refractivity (Wildman–Crippen MR) is 94.9 cm³/mol. The Morgan fingerprint density at radius 2 is 1.96 bits per heavy atom. The van der Waals surface area contributed by atoms with Crippen molar-refractivity contribution in [3.05, 3.63) is 58.1 Å². The van der Waals surface area contributed by atoms with Gasteiger partial charge in [-0.05, 0) is 30.7 Å². The number of ether oxygens (including phenoxy) is 2. The third-order valence-corrected chi connectivity index (χ3v) is 3.83. The second-order valence-corrected chi connectivity index (χ2v) is 6.04. The lowest BCUT2D eigenvalue weighted by Crippen LogP contribution is -2.16. The Morgan fingerprint density at radius 3 is 2.65 bits per heavy atom. The van der Waals surface area contributed by atoms with Crippen LogP contribution in [0.3, 0.4) is 0 Å². The lowest BCUT2D eigenvalue weighted by molar-refractivity contribution is 0.278. The van der Waals surface area contributed by atoms with Gasteiger partial charge in [-0.3, -0.25) is 0 Å². The summed E-state index contributed by atoms with van der Waals surface area (Å²) in [7, 11) is 1.64. The van der Waals surface area contributed by atoms with Gasteiger partial charge < -0.3 is 19.9 Å². The molecule has 124 valence electrons. The van der Waals surface area contributed by atoms with Gasteiger partial charge in [0.05, 0.1) is 7.11 Å². The highest BCUT2D eigenvalue weighted by molar-refractivity contribution is 9.10. The van der Waals surface area contributed by atoms with E-state index < -0.39 is 0 Å². The maximum Gasteiger partial charge on any atom is 0.166 e. The van der Waals surface area contributed by atoms with Crippen molar-refractivity contribution in [1.29, 1.82) is 0 Å². The molecule has 4 nitrogen and oxygen atoms in total. The molecule has 2 rings (SSSR count). The summed E-state index contributed by atoms with van der Waals surface area (Å²) in [4.78, 5) is 0. The van der Waals surface area contributed by atoms with Gasteiger partial charge in [0.25, 0.3) is 0 Å². The molecule has 2 aromatic carbocycles. The molecule has 0 aliphatic heterocycles. The van der Waals surface area contributed by atoms with E-state index in [1.165, 1.54) is 0 Å². The first-order valence-electron chi connectivity index (χ1n) is 7.59. The van der Waals surface area contributed by atoms with Crippen molar-refractivity contribution in [2.45, 2.75) is 19.6 Å². The van der Waals surface area contributed by atoms with Crippen LogP contribution in [-0.2, 0) is 13.2 Å². The Kier molecular flexibility index (Phi) is 7.39. The normalized spacial score (nSPS) is 10.6. The van der Waals surface area contributed by atoms with Crippen molar-refractivity contribution in [3.8, 4) is 11.5 Å². The van der Waals surface area contributed by atoms with Gasteiger partial charge in [-0.25, -0.2) is 0 Å². The molecule has 0 heterocycles. The number of hydrogen-bond acceptors (Lipinski definition) is 4. The Morgan fingerprint density at radius 1 is 1.17 bits per heavy atom. The number of halogens is 1. The molecular formula is C18H22BrNO3. The predicted octanol–water partition coefficient (Wildman–Crippen LogP) is 3.51. The molecule has 0 fully saturated rings. The number of methoxy groups -OCH3 is 1. The summed E-state index contributed by atoms with van der Waals surface area (Å²) < 4.78 is 12.4. The van der Waals surface area contributed by atoms with E-state index in [1.807, 2.05) is 42.5 Å². The van der Waals surface area contributed by atoms with Gasteiger partial charge in [-0.1, -0.05) is 46.3 Å². The first-order chi connectivity index (χ1) is 11.2. The molecule has 0 aliphatic carbocycles. The largest absolute Gasteiger partial charge is 0.493 e. The lowest BCUT2D eigenvalue weighted by atomic mass is 10.1. The van der Waals surface area contributed by atoms with Gasteiger partial charge >= 0.3 is 0 Å². The van der Waals surface area contributed by atoms with E-state index in [1.54, 1.807) is 7.11 Å². The third kappa shape index (κ3) is 5.53. The van der Waals surface area contributed by atoms with Crippen molar-refractivity contribution in [3.63, 3.8) is 0 Å². The zero-order valence-electron chi connectivity index (χ0n) is 13.2. The minimum atomic E-state index is 0.187. The van der Waals surface area contributed by atoms with Crippen LogP contribution in [0.25, 0.3) is 0 Å². The number of rotatable bonds is 9. The number of aliphatic hydroxyl groups excluding tert-OH is 1. The topological polar surface area (TPSA) is 50.7 Å². The van der Waals surface area contributed by atoms with Crippen molar-refractivity contribution in [1.82, 2.24) is 5.32 Å². The fraction of sp³-hybridized carbons (Fsp3) is 0.333. The second kappa shape index (κ2) is 9.55. The van der Waals surface area contributed by atoms with Gasteiger partial charge in [0.15, 0.2) is 11.5 Å². The molecule has 23 heavy (non-hydrogen) atoms. The summed E-state index contributed by atoms with van der Waals surface area (Å²) >= 11 is 3.50. The zero-order chi connectivity index (χ0) is 16.5. The molecule has 5 heteroatoms. The van der Waals surface area contributed by atoms with Crippen molar-refractivity contribution in [2.75, 3.05) is 20.3 Å². The number of nitrogens with one attached hydrogen (secondary N) is 1. The van der Waals surface area contributed by atoms with Crippen LogP contribution in [0.4, 0.5) is 0 Å². The number of aliphatic hydroxyl groups is 1. The van der Waals surface area contributed by atoms with Crippen molar-refractivity contribution < 1.29 is 14.6 Å². The minimum Gasteiger partial charge on any atom is -0.493 e. The van der Waals surface area contributed by atoms with E-state index in [9.17, 15) is 0 Å². The molecule has 0 saturated heterocycles. The highest BCUT2D eigenvalue weighted by Crippen LogP contribution is 2.35. The Balaban J connectivity index is 2.13. The lowest BCUT2D eigenvalue weighted by Gasteiger charge is -2.16. The SMILES string of the molecule is COc1cc(Br)cc(CNCCCO)c1OCc1ccccc1. The molecule has 0 unspecified atom stereocenters. The van der Waals surface area contributed by atoms with E-state index in [2.05, 4.69) is 21.2 Å². The van der Waals surface area contributed by atoms with Crippen LogP contribution in [0, 0.1) is 0 Å². The Hall–Kier alpha value is -1.56. The van der Waals surface area contributed by atoms with Crippen LogP contribution in [-0.4, -0.2) is 25.4 Å². The Bertz CT molecular complexity index is 605. The van der Waals surface area contributed by atoms with Crippen LogP contribution in [0.15, 0.2) is 46.9 Å². The van der Waals surface area contributed by atoms with E-state index in [0.29, 0.717) is 18.9 Å². The molecule has 0 radical (unpaired) electrons. The summed E-state index contributed by atoms with van der Waals surface area (Å²) in [6.07, 6.45) is 0.728. The molecule has 0 saturated carbocycles. The van der Waals surface area contributed by atoms with E-state index in [-0.39, 0.29) is 6.61 Å². The maximum absolute atomic E-state index is 8.86. The summed E-state index contributed by atoms with van der Waals surface area (Å²) in [6, 6.07) is 14.0. The molecule has 0 aliphatic rings. The average molecular weight is 380 g/mol. The summed E-state index contributed by atoms with van der Waals surface area (Å²) in [6.45, 7) is 2.08. The van der Waals surface area contributed by atoms with Gasteiger partial charge in [0.2, 0.25) is 0 Å². The first kappa shape index (κ1) is 17.8. The van der Waals surface area contributed by atoms with Gasteiger partial charge in [0, 0.05) is 23.2 Å². The zero-order valence-corrected chi connectivity index (χ0v) is 14.8. The van der Waals surface area contributed by atoms with Gasteiger partial charge in [0.1, 0.15) is 6.61 Å². The molecular weight excluding hydrogens is 358 g/mol. The second-order valence-electron chi connectivity index (χ2n) is 5.12. The molecule has 0 spiro atoms. The average Bonchev–Trinajstić information content (AvgIpc) is 2.58. The standard InChI is InChI=1S/C18H22BrNO3/c1-22-17-11-16(19)10-15(12-20-8-5-9-21)18(17)23-13-14-6-3-2-4-7-14/h2-4,6-7,10-11,20-21H,5,8-9,12-13H2,1H3. The minimum absolute atomic E-state index is 0.187. The molecule has 0 amide bonds.